The molecule has 0 fully saturated rings. The normalized spacial score (nSPS) is 14.2. The molecule has 5 heteroatoms. The Morgan fingerprint density at radius 1 is 1.24 bits per heavy atom. The summed E-state index contributed by atoms with van der Waals surface area (Å²) in [4.78, 5) is 4.39. The van der Waals surface area contributed by atoms with Crippen LogP contribution in [0.3, 0.4) is 0 Å². The number of hydrogen-bond donors (Lipinski definition) is 2. The van der Waals surface area contributed by atoms with Crippen molar-refractivity contribution in [1.82, 2.24) is 4.98 Å². The summed E-state index contributed by atoms with van der Waals surface area (Å²) in [5, 5.41) is 6.82. The van der Waals surface area contributed by atoms with Crippen LogP contribution in [-0.4, -0.2) is 25.8 Å². The van der Waals surface area contributed by atoms with Crippen molar-refractivity contribution in [1.29, 1.82) is 0 Å². The Hall–Kier alpha value is -2.11. The summed E-state index contributed by atoms with van der Waals surface area (Å²) in [5.74, 6) is 0.900. The summed E-state index contributed by atoms with van der Waals surface area (Å²) in [6, 6.07) is 10.2. The van der Waals surface area contributed by atoms with E-state index in [1.54, 1.807) is 20.4 Å². The average Bonchev–Trinajstić information content (AvgIpc) is 2.71. The van der Waals surface area contributed by atoms with Gasteiger partial charge in [0.05, 0.1) is 18.0 Å². The average molecular weight is 285 g/mol. The van der Waals surface area contributed by atoms with Gasteiger partial charge < -0.3 is 20.1 Å². The number of methoxy groups -OCH3 is 2. The fourth-order valence-corrected chi connectivity index (χ4v) is 2.48. The molecule has 2 heterocycles. The van der Waals surface area contributed by atoms with Crippen LogP contribution in [0.15, 0.2) is 36.5 Å². The topological polar surface area (TPSA) is 55.4 Å². The molecule has 3 rings (SSSR count). The van der Waals surface area contributed by atoms with Crippen LogP contribution in [0, 0.1) is 0 Å². The lowest BCUT2D eigenvalue weighted by Crippen LogP contribution is -2.09. The Kier molecular flexibility index (Phi) is 4.03. The zero-order chi connectivity index (χ0) is 14.7. The Bertz CT molecular complexity index is 631. The summed E-state index contributed by atoms with van der Waals surface area (Å²) >= 11 is 0. The summed E-state index contributed by atoms with van der Waals surface area (Å²) in [7, 11) is 3.37. The smallest absolute Gasteiger partial charge is 0.135 e. The van der Waals surface area contributed by atoms with Crippen LogP contribution in [-0.2, 0) is 16.0 Å². The van der Waals surface area contributed by atoms with Gasteiger partial charge in [-0.3, -0.25) is 0 Å². The molecule has 1 aliphatic rings. The van der Waals surface area contributed by atoms with E-state index >= 15 is 0 Å². The minimum Gasteiger partial charge on any atom is -0.382 e. The van der Waals surface area contributed by atoms with E-state index < -0.39 is 0 Å². The number of hydrogen-bond acceptors (Lipinski definition) is 5. The number of nitrogens with zero attached hydrogens (tertiary/aromatic N) is 1. The first-order valence-electron chi connectivity index (χ1n) is 6.92. The molecule has 21 heavy (non-hydrogen) atoms. The number of benzene rings is 1. The molecule has 0 saturated heterocycles. The maximum absolute atomic E-state index is 5.48. The molecule has 5 nitrogen and oxygen atoms in total. The third kappa shape index (κ3) is 2.84. The van der Waals surface area contributed by atoms with Crippen molar-refractivity contribution in [2.24, 2.45) is 0 Å². The highest BCUT2D eigenvalue weighted by molar-refractivity contribution is 5.77. The molecule has 0 spiro atoms. The van der Waals surface area contributed by atoms with Gasteiger partial charge in [-0.2, -0.15) is 0 Å². The number of fused-ring (bicyclic) bond motifs is 2. The van der Waals surface area contributed by atoms with Gasteiger partial charge in [-0.05, 0) is 23.8 Å². The predicted octanol–water partition coefficient (Wildman–Crippen LogP) is 3.08. The lowest BCUT2D eigenvalue weighted by molar-refractivity contribution is 0.0275. The van der Waals surface area contributed by atoms with Crippen molar-refractivity contribution >= 4 is 17.2 Å². The fourth-order valence-electron chi connectivity index (χ4n) is 2.48. The van der Waals surface area contributed by atoms with Crippen LogP contribution in [0.4, 0.5) is 17.2 Å². The second-order valence-corrected chi connectivity index (χ2v) is 4.97. The van der Waals surface area contributed by atoms with Crippen LogP contribution in [0.2, 0.25) is 0 Å². The molecule has 2 aromatic rings. The second kappa shape index (κ2) is 6.11. The molecule has 1 aromatic carbocycles. The van der Waals surface area contributed by atoms with Crippen LogP contribution >= 0.6 is 0 Å². The molecule has 0 amide bonds. The van der Waals surface area contributed by atoms with E-state index in [2.05, 4.69) is 33.8 Å². The first kappa shape index (κ1) is 13.9. The minimum atomic E-state index is -0.0640. The number of anilines is 3. The number of rotatable bonds is 4. The highest BCUT2D eigenvalue weighted by atomic mass is 16.5. The largest absolute Gasteiger partial charge is 0.382 e. The van der Waals surface area contributed by atoms with E-state index in [0.717, 1.165) is 34.9 Å². The Balaban J connectivity index is 1.91. The van der Waals surface area contributed by atoms with Gasteiger partial charge in [0.25, 0.3) is 0 Å². The lowest BCUT2D eigenvalue weighted by Gasteiger charge is -2.17. The SMILES string of the molecule is COC[C@H](OC)c1ccc2c(c1)NCc1cccnc1N2. The third-order valence-electron chi connectivity index (χ3n) is 3.63. The van der Waals surface area contributed by atoms with Gasteiger partial charge in [-0.15, -0.1) is 0 Å². The maximum atomic E-state index is 5.48. The quantitative estimate of drug-likeness (QED) is 0.904. The Morgan fingerprint density at radius 2 is 2.14 bits per heavy atom. The molecule has 0 unspecified atom stereocenters. The lowest BCUT2D eigenvalue weighted by atomic mass is 10.1. The summed E-state index contributed by atoms with van der Waals surface area (Å²) in [6.07, 6.45) is 1.73. The van der Waals surface area contributed by atoms with Gasteiger partial charge in [0.2, 0.25) is 0 Å². The summed E-state index contributed by atoms with van der Waals surface area (Å²) in [5.41, 5.74) is 4.30. The van der Waals surface area contributed by atoms with Gasteiger partial charge in [-0.25, -0.2) is 4.98 Å². The molecule has 1 aromatic heterocycles. The summed E-state index contributed by atoms with van der Waals surface area (Å²) < 4.78 is 10.7. The van der Waals surface area contributed by atoms with E-state index in [1.807, 2.05) is 12.1 Å². The van der Waals surface area contributed by atoms with Gasteiger partial charge in [0.15, 0.2) is 0 Å². The van der Waals surface area contributed by atoms with Crippen LogP contribution in [0.1, 0.15) is 17.2 Å². The Labute approximate surface area is 124 Å². The van der Waals surface area contributed by atoms with E-state index in [1.165, 1.54) is 0 Å². The number of ether oxygens (including phenoxy) is 2. The van der Waals surface area contributed by atoms with Crippen LogP contribution < -0.4 is 10.6 Å². The molecule has 1 atom stereocenters. The van der Waals surface area contributed by atoms with Crippen LogP contribution in [0.5, 0.6) is 0 Å². The van der Waals surface area contributed by atoms with Crippen molar-refractivity contribution in [2.75, 3.05) is 31.5 Å². The van der Waals surface area contributed by atoms with Crippen LogP contribution in [0.25, 0.3) is 0 Å². The fraction of sp³-hybridized carbons (Fsp3) is 0.312. The number of nitrogens with one attached hydrogen (secondary N) is 2. The van der Waals surface area contributed by atoms with Gasteiger partial charge in [0, 0.05) is 32.5 Å². The van der Waals surface area contributed by atoms with E-state index in [4.69, 9.17) is 9.47 Å². The van der Waals surface area contributed by atoms with Crippen molar-refractivity contribution in [3.8, 4) is 0 Å². The number of pyridine rings is 1. The van der Waals surface area contributed by atoms with Gasteiger partial charge in [0.1, 0.15) is 11.9 Å². The molecule has 110 valence electrons. The van der Waals surface area contributed by atoms with E-state index in [9.17, 15) is 0 Å². The zero-order valence-corrected chi connectivity index (χ0v) is 12.2. The minimum absolute atomic E-state index is 0.0640. The molecule has 0 bridgehead atoms. The zero-order valence-electron chi connectivity index (χ0n) is 12.2. The third-order valence-corrected chi connectivity index (χ3v) is 3.63. The highest BCUT2D eigenvalue weighted by Gasteiger charge is 2.16. The van der Waals surface area contributed by atoms with Gasteiger partial charge in [-0.1, -0.05) is 12.1 Å². The standard InChI is InChI=1S/C16H19N3O2/c1-20-10-15(21-2)11-5-6-13-14(8-11)18-9-12-4-3-7-17-16(12)19-13/h3-8,15,18H,9-10H2,1-2H3,(H,17,19)/t15-/m0/s1. The van der Waals surface area contributed by atoms with Crippen molar-refractivity contribution in [3.05, 3.63) is 47.7 Å². The monoisotopic (exact) mass is 285 g/mol. The molecule has 0 radical (unpaired) electrons. The maximum Gasteiger partial charge on any atom is 0.135 e. The van der Waals surface area contributed by atoms with Crippen molar-refractivity contribution in [2.45, 2.75) is 12.6 Å². The molecular weight excluding hydrogens is 266 g/mol. The Morgan fingerprint density at radius 3 is 2.95 bits per heavy atom. The molecule has 1 aliphatic heterocycles. The summed E-state index contributed by atoms with van der Waals surface area (Å²) in [6.45, 7) is 1.28. The molecule has 0 aliphatic carbocycles. The number of aromatic nitrogens is 1. The first-order valence-corrected chi connectivity index (χ1v) is 6.92. The van der Waals surface area contributed by atoms with E-state index in [0.29, 0.717) is 6.61 Å². The molecular formula is C16H19N3O2. The van der Waals surface area contributed by atoms with Gasteiger partial charge >= 0.3 is 0 Å². The van der Waals surface area contributed by atoms with Crippen molar-refractivity contribution in [3.63, 3.8) is 0 Å². The van der Waals surface area contributed by atoms with E-state index in [-0.39, 0.29) is 6.10 Å². The first-order chi connectivity index (χ1) is 10.3. The highest BCUT2D eigenvalue weighted by Crippen LogP contribution is 2.33. The molecule has 0 saturated carbocycles. The predicted molar refractivity (Wildman–Crippen MR) is 82.9 cm³/mol. The van der Waals surface area contributed by atoms with Crippen molar-refractivity contribution < 1.29 is 9.47 Å². The molecule has 2 N–H and O–H groups in total. The second-order valence-electron chi connectivity index (χ2n) is 4.97.